The molecule has 9 heteroatoms. The molecular weight excluding hydrogens is 463 g/mol. The Morgan fingerprint density at radius 1 is 1.17 bits per heavy atom. The van der Waals surface area contributed by atoms with E-state index in [1.807, 2.05) is 6.07 Å². The van der Waals surface area contributed by atoms with Crippen molar-refractivity contribution < 1.29 is 23.8 Å². The molecule has 2 N–H and O–H groups in total. The van der Waals surface area contributed by atoms with Gasteiger partial charge in [-0.25, -0.2) is 9.18 Å². The minimum absolute atomic E-state index is 0.0501. The molecule has 188 valence electrons. The molecule has 3 amide bonds. The van der Waals surface area contributed by atoms with Crippen LogP contribution in [0.4, 0.5) is 9.18 Å². The number of carbonyl (C=O) groups is 2. The lowest BCUT2D eigenvalue weighted by molar-refractivity contribution is -0.133. The number of halogens is 1. The van der Waals surface area contributed by atoms with Crippen molar-refractivity contribution in [1.29, 1.82) is 0 Å². The van der Waals surface area contributed by atoms with Crippen molar-refractivity contribution in [3.05, 3.63) is 59.0 Å². The summed E-state index contributed by atoms with van der Waals surface area (Å²) in [6, 6.07) is 8.91. The maximum absolute atomic E-state index is 15.5. The fourth-order valence-corrected chi connectivity index (χ4v) is 6.19. The van der Waals surface area contributed by atoms with Gasteiger partial charge in [0.2, 0.25) is 0 Å². The van der Waals surface area contributed by atoms with E-state index in [0.29, 0.717) is 40.8 Å². The number of nitrogens with zero attached hydrogens (tertiary/aromatic N) is 3. The largest absolute Gasteiger partial charge is 0.508 e. The van der Waals surface area contributed by atoms with Crippen molar-refractivity contribution in [2.24, 2.45) is 0 Å². The number of aromatic nitrogens is 1. The number of hydrogen-bond donors (Lipinski definition) is 2. The second-order valence-corrected chi connectivity index (χ2v) is 10.1. The summed E-state index contributed by atoms with van der Waals surface area (Å²) in [7, 11) is 1.42. The molecule has 2 saturated heterocycles. The van der Waals surface area contributed by atoms with E-state index >= 15 is 4.39 Å². The van der Waals surface area contributed by atoms with Crippen LogP contribution in [0.2, 0.25) is 0 Å². The second-order valence-electron chi connectivity index (χ2n) is 10.1. The lowest BCUT2D eigenvalue weighted by Crippen LogP contribution is -2.53. The van der Waals surface area contributed by atoms with E-state index in [2.05, 4.69) is 9.88 Å². The molecule has 1 aromatic heterocycles. The van der Waals surface area contributed by atoms with Gasteiger partial charge in [-0.1, -0.05) is 12.1 Å². The summed E-state index contributed by atoms with van der Waals surface area (Å²) in [6.45, 7) is 4.66. The minimum Gasteiger partial charge on any atom is -0.508 e. The number of phenolic OH excluding ortho intramolecular Hbond substituents is 1. The maximum Gasteiger partial charge on any atom is 0.328 e. The summed E-state index contributed by atoms with van der Waals surface area (Å²) in [5.74, 6) is -0.608. The number of hydrogen-bond acceptors (Lipinski definition) is 5. The third-order valence-corrected chi connectivity index (χ3v) is 7.97. The lowest BCUT2D eigenvalue weighted by Gasteiger charge is -2.42. The Kier molecular flexibility index (Phi) is 5.22. The number of methoxy groups -OCH3 is 1. The van der Waals surface area contributed by atoms with Gasteiger partial charge in [-0.2, -0.15) is 0 Å². The summed E-state index contributed by atoms with van der Waals surface area (Å²) < 4.78 is 20.8. The molecular formula is C27H29FN4O4. The number of amides is 3. The van der Waals surface area contributed by atoms with Gasteiger partial charge in [0.15, 0.2) is 11.6 Å². The maximum atomic E-state index is 15.5. The molecule has 2 unspecified atom stereocenters. The van der Waals surface area contributed by atoms with Gasteiger partial charge in [-0.05, 0) is 68.2 Å². The first-order chi connectivity index (χ1) is 17.3. The molecule has 2 aromatic carbocycles. The molecule has 0 radical (unpaired) electrons. The molecule has 36 heavy (non-hydrogen) atoms. The SMILES string of the molecule is COc1ccc2[nH]c3c(c2c1F)CC1(C)C(=O)N(CCN2CCCC2)C(=O)N1C3c1cccc(O)c1. The van der Waals surface area contributed by atoms with Gasteiger partial charge in [0.1, 0.15) is 17.3 Å². The van der Waals surface area contributed by atoms with Gasteiger partial charge in [-0.15, -0.1) is 0 Å². The molecule has 0 saturated carbocycles. The Hall–Kier alpha value is -3.59. The van der Waals surface area contributed by atoms with Crippen LogP contribution < -0.4 is 4.74 Å². The Bertz CT molecular complexity index is 1380. The number of phenols is 1. The van der Waals surface area contributed by atoms with Crippen LogP contribution in [0.15, 0.2) is 36.4 Å². The zero-order valence-electron chi connectivity index (χ0n) is 20.4. The highest BCUT2D eigenvalue weighted by molar-refractivity contribution is 6.08. The van der Waals surface area contributed by atoms with Crippen molar-refractivity contribution >= 4 is 22.8 Å². The van der Waals surface area contributed by atoms with Crippen LogP contribution in [0.3, 0.4) is 0 Å². The number of aromatic hydroxyl groups is 1. The first-order valence-electron chi connectivity index (χ1n) is 12.4. The second kappa shape index (κ2) is 8.23. The summed E-state index contributed by atoms with van der Waals surface area (Å²) in [4.78, 5) is 36.3. The Labute approximate surface area is 208 Å². The number of carbonyl (C=O) groups excluding carboxylic acids is 2. The van der Waals surface area contributed by atoms with Crippen LogP contribution in [0, 0.1) is 5.82 Å². The molecule has 0 spiro atoms. The van der Waals surface area contributed by atoms with E-state index in [-0.39, 0.29) is 29.9 Å². The quantitative estimate of drug-likeness (QED) is 0.529. The van der Waals surface area contributed by atoms with Crippen molar-refractivity contribution in [2.45, 2.75) is 37.8 Å². The van der Waals surface area contributed by atoms with Crippen molar-refractivity contribution in [1.82, 2.24) is 19.7 Å². The van der Waals surface area contributed by atoms with Crippen molar-refractivity contribution in [2.75, 3.05) is 33.3 Å². The first kappa shape index (κ1) is 22.8. The van der Waals surface area contributed by atoms with Gasteiger partial charge in [-0.3, -0.25) is 14.6 Å². The summed E-state index contributed by atoms with van der Waals surface area (Å²) in [5, 5.41) is 10.6. The van der Waals surface area contributed by atoms with Crippen LogP contribution in [-0.2, 0) is 11.2 Å². The van der Waals surface area contributed by atoms with Crippen LogP contribution in [0.1, 0.15) is 42.6 Å². The van der Waals surface area contributed by atoms with Gasteiger partial charge in [0.05, 0.1) is 7.11 Å². The minimum atomic E-state index is -1.20. The molecule has 3 aliphatic heterocycles. The number of rotatable bonds is 5. The number of aromatic amines is 1. The van der Waals surface area contributed by atoms with Gasteiger partial charge in [0, 0.05) is 36.1 Å². The van der Waals surface area contributed by atoms with E-state index in [9.17, 15) is 14.7 Å². The monoisotopic (exact) mass is 492 g/mol. The van der Waals surface area contributed by atoms with E-state index in [0.717, 1.165) is 25.9 Å². The number of benzene rings is 2. The van der Waals surface area contributed by atoms with Gasteiger partial charge >= 0.3 is 6.03 Å². The Morgan fingerprint density at radius 3 is 2.67 bits per heavy atom. The topological polar surface area (TPSA) is 89.1 Å². The summed E-state index contributed by atoms with van der Waals surface area (Å²) in [6.07, 6.45) is 2.43. The van der Waals surface area contributed by atoms with Gasteiger partial charge < -0.3 is 19.7 Å². The average molecular weight is 493 g/mol. The molecule has 3 aromatic rings. The first-order valence-corrected chi connectivity index (χ1v) is 12.4. The molecule has 3 aliphatic rings. The standard InChI is InChI=1S/C27H29FN4O4/c1-27-15-18-21-19(8-9-20(36-2)22(21)28)29-23(18)24(16-6-5-7-17(33)14-16)32(27)26(35)31(25(27)34)13-12-30-10-3-4-11-30/h5-9,14,24,29,33H,3-4,10-13,15H2,1-2H3. The summed E-state index contributed by atoms with van der Waals surface area (Å²) in [5.41, 5.74) is 1.30. The van der Waals surface area contributed by atoms with Crippen LogP contribution in [0.25, 0.3) is 10.9 Å². The van der Waals surface area contributed by atoms with Crippen molar-refractivity contribution in [3.8, 4) is 11.5 Å². The number of likely N-dealkylation sites (tertiary alicyclic amines) is 1. The smallest absolute Gasteiger partial charge is 0.328 e. The van der Waals surface area contributed by atoms with E-state index in [1.165, 1.54) is 12.0 Å². The fourth-order valence-electron chi connectivity index (χ4n) is 6.19. The molecule has 2 fully saturated rings. The average Bonchev–Trinajstić information content (AvgIpc) is 3.54. The normalized spacial score (nSPS) is 24.0. The molecule has 2 atom stereocenters. The number of ether oxygens (including phenoxy) is 1. The highest BCUT2D eigenvalue weighted by Crippen LogP contribution is 2.49. The molecule has 8 nitrogen and oxygen atoms in total. The molecule has 0 aliphatic carbocycles. The van der Waals surface area contributed by atoms with Crippen LogP contribution >= 0.6 is 0 Å². The zero-order valence-corrected chi connectivity index (χ0v) is 20.4. The number of fused-ring (bicyclic) bond motifs is 4. The van der Waals surface area contributed by atoms with Crippen LogP contribution in [0.5, 0.6) is 11.5 Å². The van der Waals surface area contributed by atoms with E-state index in [1.54, 1.807) is 42.2 Å². The highest BCUT2D eigenvalue weighted by Gasteiger charge is 2.60. The Balaban J connectivity index is 1.50. The zero-order chi connectivity index (χ0) is 25.2. The predicted octanol–water partition coefficient (Wildman–Crippen LogP) is 3.79. The van der Waals surface area contributed by atoms with Crippen molar-refractivity contribution in [3.63, 3.8) is 0 Å². The van der Waals surface area contributed by atoms with Crippen LogP contribution in [-0.4, -0.2) is 75.6 Å². The summed E-state index contributed by atoms with van der Waals surface area (Å²) >= 11 is 0. The predicted molar refractivity (Wildman–Crippen MR) is 131 cm³/mol. The van der Waals surface area contributed by atoms with Gasteiger partial charge in [0.25, 0.3) is 5.91 Å². The molecule has 4 heterocycles. The third-order valence-electron chi connectivity index (χ3n) is 7.97. The number of nitrogens with one attached hydrogen (secondary N) is 1. The van der Waals surface area contributed by atoms with E-state index < -0.39 is 17.4 Å². The number of urea groups is 1. The fraction of sp³-hybridized carbons (Fsp3) is 0.407. The number of H-pyrrole nitrogens is 1. The third kappa shape index (κ3) is 3.22. The molecule has 0 bridgehead atoms. The lowest BCUT2D eigenvalue weighted by atomic mass is 9.81. The highest BCUT2D eigenvalue weighted by atomic mass is 19.1. The molecule has 6 rings (SSSR count). The number of imide groups is 1. The Morgan fingerprint density at radius 2 is 1.94 bits per heavy atom. The van der Waals surface area contributed by atoms with E-state index in [4.69, 9.17) is 4.74 Å².